The lowest BCUT2D eigenvalue weighted by Gasteiger charge is -2.27. The van der Waals surface area contributed by atoms with Crippen LogP contribution in [0.25, 0.3) is 21.7 Å². The number of carbonyl (C=O) groups excluding carboxylic acids is 9. The monoisotopic (exact) mass is 999 g/mol. The van der Waals surface area contributed by atoms with E-state index in [0.29, 0.717) is 16.7 Å². The van der Waals surface area contributed by atoms with Gasteiger partial charge in [0.15, 0.2) is 5.96 Å². The van der Waals surface area contributed by atoms with E-state index in [4.69, 9.17) is 22.9 Å². The van der Waals surface area contributed by atoms with Gasteiger partial charge in [-0.05, 0) is 59.7 Å². The Bertz CT molecular complexity index is 2870. The summed E-state index contributed by atoms with van der Waals surface area (Å²) < 4.78 is 0. The average molecular weight is 1000 g/mol. The highest BCUT2D eigenvalue weighted by Crippen LogP contribution is 2.21. The number of nitrogens with one attached hydrogen (secondary N) is 8. The lowest BCUT2D eigenvalue weighted by Crippen LogP contribution is -2.60. The first-order valence-electron chi connectivity index (χ1n) is 23.7. The average Bonchev–Trinajstić information content (AvgIpc) is 3.77. The molecule has 9 amide bonds. The van der Waals surface area contributed by atoms with Crippen LogP contribution in [-0.4, -0.2) is 113 Å². The summed E-state index contributed by atoms with van der Waals surface area (Å²) >= 11 is 0. The van der Waals surface area contributed by atoms with Gasteiger partial charge in [-0.2, -0.15) is 0 Å². The first-order chi connectivity index (χ1) is 34.9. The van der Waals surface area contributed by atoms with Crippen molar-refractivity contribution >= 4 is 80.8 Å². The van der Waals surface area contributed by atoms with Crippen LogP contribution in [0.15, 0.2) is 108 Å². The van der Waals surface area contributed by atoms with Crippen LogP contribution in [0.3, 0.4) is 0 Å². The second kappa shape index (κ2) is 25.3. The zero-order valence-electron chi connectivity index (χ0n) is 40.2. The van der Waals surface area contributed by atoms with Gasteiger partial charge >= 0.3 is 0 Å². The van der Waals surface area contributed by atoms with Gasteiger partial charge in [0.05, 0.1) is 6.42 Å². The number of amides is 9. The number of aliphatic imine (C=N–C) groups is 1. The maximum atomic E-state index is 14.8. The fraction of sp³-hybridized carbons (Fsp3) is 0.333. The third-order valence-corrected chi connectivity index (χ3v) is 12.2. The molecule has 22 nitrogen and oxygen atoms in total. The van der Waals surface area contributed by atoms with E-state index in [0.717, 1.165) is 21.7 Å². The Morgan fingerprint density at radius 1 is 0.575 bits per heavy atom. The van der Waals surface area contributed by atoms with Crippen LogP contribution in [0.5, 0.6) is 0 Å². The SMILES string of the molecule is C[C@@H]1NC(=O)[C@@H](CC(N)=O)NC(=O)[C@H](Cc2ccc3ccccc3c2)NC(=O)[C@H](Cc2c[nH]c3ccccc23)NC(=O)[C@H](CCCN=C(N)N)NC(=O)CC[C@@H](C(N)=O)NC(=O)[C@H](Cc2ccccc2)NC1=O. The number of nitrogens with zero attached hydrogens (tertiary/aromatic N) is 1. The highest BCUT2D eigenvalue weighted by molar-refractivity contribution is 5.99. The number of hydrogen-bond acceptors (Lipinski definition) is 10. The molecule has 0 radical (unpaired) electrons. The Morgan fingerprint density at radius 3 is 1.84 bits per heavy atom. The van der Waals surface area contributed by atoms with Gasteiger partial charge in [-0.15, -0.1) is 0 Å². The Hall–Kier alpha value is -8.82. The molecule has 0 unspecified atom stereocenters. The third kappa shape index (κ3) is 15.6. The minimum atomic E-state index is -1.68. The molecule has 4 aromatic carbocycles. The predicted octanol–water partition coefficient (Wildman–Crippen LogP) is -1.03. The van der Waals surface area contributed by atoms with E-state index in [2.05, 4.69) is 47.2 Å². The zero-order chi connectivity index (χ0) is 52.6. The van der Waals surface area contributed by atoms with Crippen molar-refractivity contribution in [1.29, 1.82) is 0 Å². The molecule has 2 heterocycles. The maximum absolute atomic E-state index is 14.8. The topological polar surface area (TPSA) is 370 Å². The van der Waals surface area contributed by atoms with Crippen LogP contribution >= 0.6 is 0 Å². The minimum absolute atomic E-state index is 0.0403. The Balaban J connectivity index is 1.40. The standard InChI is InChI=1S/C51H61N13O9/c1-28-45(68)61-38(23-29-10-3-2-4-11-29)48(71)60-36(44(53)67)19-20-43(66)59-37(16-9-21-56-51(54)55)46(69)63-40(25-33-27-57-35-15-8-7-14-34(33)35)50(73)62-39(49(72)64-41(26-42(52)65)47(70)58-28)24-30-17-18-31-12-5-6-13-32(31)22-30/h2-8,10-15,17-18,22,27-28,36-41,57H,9,16,19-21,23-26H2,1H3,(H2,52,65)(H2,53,67)(H,58,70)(H,59,66)(H,60,71)(H,61,68)(H,62,73)(H,63,69)(H,64,72)(H4,54,55,56)/t28-,36-,37-,38-,39-,40-,41+/m0/s1. The molecule has 384 valence electrons. The summed E-state index contributed by atoms with van der Waals surface area (Å²) in [5, 5.41) is 20.8. The number of rotatable bonds is 13. The van der Waals surface area contributed by atoms with Crippen molar-refractivity contribution < 1.29 is 43.2 Å². The highest BCUT2D eigenvalue weighted by Gasteiger charge is 2.35. The minimum Gasteiger partial charge on any atom is -0.370 e. The number of benzene rings is 4. The smallest absolute Gasteiger partial charge is 0.243 e. The van der Waals surface area contributed by atoms with E-state index in [-0.39, 0.29) is 51.0 Å². The summed E-state index contributed by atoms with van der Waals surface area (Å²) in [6.45, 7) is 1.37. The summed E-state index contributed by atoms with van der Waals surface area (Å²) in [5.41, 5.74) is 24.9. The van der Waals surface area contributed by atoms with Gasteiger partial charge in [-0.1, -0.05) is 91.0 Å². The molecule has 5 aromatic rings. The largest absolute Gasteiger partial charge is 0.370 e. The van der Waals surface area contributed by atoms with Crippen LogP contribution in [0.1, 0.15) is 55.7 Å². The van der Waals surface area contributed by atoms with E-state index in [1.54, 1.807) is 48.7 Å². The summed E-state index contributed by atoms with van der Waals surface area (Å²) in [7, 11) is 0. The fourth-order valence-corrected chi connectivity index (χ4v) is 8.38. The maximum Gasteiger partial charge on any atom is 0.243 e. The van der Waals surface area contributed by atoms with Crippen LogP contribution < -0.4 is 60.2 Å². The van der Waals surface area contributed by atoms with Gasteiger partial charge in [-0.25, -0.2) is 0 Å². The fourth-order valence-electron chi connectivity index (χ4n) is 8.38. The van der Waals surface area contributed by atoms with E-state index in [1.165, 1.54) is 6.92 Å². The molecule has 0 spiro atoms. The summed E-state index contributed by atoms with van der Waals surface area (Å²) in [6, 6.07) is 18.7. The molecule has 1 aliphatic rings. The number of carbonyl (C=O) groups is 9. The number of H-pyrrole nitrogens is 1. The van der Waals surface area contributed by atoms with E-state index in [9.17, 15) is 43.2 Å². The van der Waals surface area contributed by atoms with Crippen LogP contribution in [-0.2, 0) is 62.4 Å². The molecule has 1 saturated heterocycles. The van der Waals surface area contributed by atoms with Crippen molar-refractivity contribution in [2.45, 2.75) is 101 Å². The predicted molar refractivity (Wildman–Crippen MR) is 271 cm³/mol. The van der Waals surface area contributed by atoms with E-state index < -0.39 is 108 Å². The van der Waals surface area contributed by atoms with Crippen LogP contribution in [0, 0.1) is 0 Å². The van der Waals surface area contributed by atoms with Crippen molar-refractivity contribution in [3.63, 3.8) is 0 Å². The Labute approximate surface area is 420 Å². The van der Waals surface area contributed by atoms with Crippen LogP contribution in [0.2, 0.25) is 0 Å². The van der Waals surface area contributed by atoms with Gasteiger partial charge in [-0.3, -0.25) is 48.1 Å². The van der Waals surface area contributed by atoms with Crippen LogP contribution in [0.4, 0.5) is 0 Å². The van der Waals surface area contributed by atoms with Gasteiger partial charge in [0.2, 0.25) is 53.2 Å². The summed E-state index contributed by atoms with van der Waals surface area (Å²) in [5.74, 6) is -8.23. The molecule has 0 aliphatic carbocycles. The second-order valence-corrected chi connectivity index (χ2v) is 17.9. The van der Waals surface area contributed by atoms with Gasteiger partial charge < -0.3 is 65.1 Å². The molecule has 1 aromatic heterocycles. The quantitative estimate of drug-likeness (QED) is 0.0385. The molecule has 0 bridgehead atoms. The molecule has 1 fully saturated rings. The van der Waals surface area contributed by atoms with Gasteiger partial charge in [0.25, 0.3) is 0 Å². The number of primary amides is 2. The molecular formula is C51H61N13O9. The Kier molecular flexibility index (Phi) is 18.6. The number of para-hydroxylation sites is 1. The van der Waals surface area contributed by atoms with Crippen molar-refractivity contribution in [2.24, 2.45) is 27.9 Å². The Morgan fingerprint density at radius 2 is 1.15 bits per heavy atom. The number of fused-ring (bicyclic) bond motifs is 2. The van der Waals surface area contributed by atoms with Gasteiger partial charge in [0.1, 0.15) is 42.3 Å². The second-order valence-electron chi connectivity index (χ2n) is 17.9. The van der Waals surface area contributed by atoms with Crippen molar-refractivity contribution in [2.75, 3.05) is 6.54 Å². The molecular weight excluding hydrogens is 939 g/mol. The number of guanidine groups is 1. The normalized spacial score (nSPS) is 22.1. The first kappa shape index (κ1) is 53.5. The van der Waals surface area contributed by atoms with Crippen molar-refractivity contribution in [3.05, 3.63) is 120 Å². The zero-order valence-corrected chi connectivity index (χ0v) is 40.2. The van der Waals surface area contributed by atoms with Crippen molar-refractivity contribution in [3.8, 4) is 0 Å². The molecule has 0 saturated carbocycles. The molecule has 16 N–H and O–H groups in total. The van der Waals surface area contributed by atoms with Gasteiger partial charge in [0, 0.05) is 49.3 Å². The van der Waals surface area contributed by atoms with E-state index in [1.807, 2.05) is 54.6 Å². The third-order valence-electron chi connectivity index (χ3n) is 12.2. The first-order valence-corrected chi connectivity index (χ1v) is 23.7. The highest BCUT2D eigenvalue weighted by atomic mass is 16.2. The molecule has 7 atom stereocenters. The number of aromatic amines is 1. The lowest BCUT2D eigenvalue weighted by atomic mass is 9.99. The summed E-state index contributed by atoms with van der Waals surface area (Å²) in [6.07, 6.45) is -0.0493. The number of nitrogens with two attached hydrogens (primary N) is 4. The number of hydrogen-bond donors (Lipinski definition) is 12. The molecule has 73 heavy (non-hydrogen) atoms. The van der Waals surface area contributed by atoms with E-state index >= 15 is 0 Å². The lowest BCUT2D eigenvalue weighted by molar-refractivity contribution is -0.136. The molecule has 1 aliphatic heterocycles. The molecule has 6 rings (SSSR count). The number of aromatic nitrogens is 1. The summed E-state index contributed by atoms with van der Waals surface area (Å²) in [4.78, 5) is 132. The van der Waals surface area contributed by atoms with Crippen molar-refractivity contribution in [1.82, 2.24) is 42.2 Å². The molecule has 22 heteroatoms.